The molecule has 0 saturated heterocycles. The maximum absolute atomic E-state index is 12.8. The van der Waals surface area contributed by atoms with Crippen LogP contribution in [0.25, 0.3) is 0 Å². The molecule has 0 bridgehead atoms. The molecule has 0 heterocycles. The highest BCUT2D eigenvalue weighted by atomic mass is 19.1. The number of benzene rings is 1. The Morgan fingerprint density at radius 1 is 1.43 bits per heavy atom. The van der Waals surface area contributed by atoms with E-state index in [4.69, 9.17) is 5.73 Å². The van der Waals surface area contributed by atoms with Crippen molar-refractivity contribution in [2.75, 3.05) is 6.54 Å². The van der Waals surface area contributed by atoms with Gasteiger partial charge >= 0.3 is 0 Å². The fraction of sp³-hybridized carbons (Fsp3) is 0.500. The number of nitrogens with two attached hydrogens (primary N) is 1. The zero-order valence-corrected chi connectivity index (χ0v) is 8.46. The van der Waals surface area contributed by atoms with E-state index < -0.39 is 0 Å². The summed E-state index contributed by atoms with van der Waals surface area (Å²) in [6, 6.07) is 6.88. The zero-order valence-electron chi connectivity index (χ0n) is 8.46. The molecule has 2 N–H and O–H groups in total. The third kappa shape index (κ3) is 1.34. The third-order valence-corrected chi connectivity index (χ3v) is 3.57. The SMILES string of the molecule is CCC1(c2ccc(F)cc2)CC1CN. The van der Waals surface area contributed by atoms with Gasteiger partial charge in [0.2, 0.25) is 0 Å². The molecule has 1 aliphatic rings. The van der Waals surface area contributed by atoms with E-state index in [0.29, 0.717) is 5.92 Å². The number of halogens is 1. The molecule has 2 rings (SSSR count). The molecule has 1 aromatic carbocycles. The molecular weight excluding hydrogens is 177 g/mol. The molecule has 76 valence electrons. The Labute approximate surface area is 84.1 Å². The van der Waals surface area contributed by atoms with Gasteiger partial charge in [0.25, 0.3) is 0 Å². The molecule has 1 saturated carbocycles. The fourth-order valence-electron chi connectivity index (χ4n) is 2.46. The number of rotatable bonds is 3. The van der Waals surface area contributed by atoms with Gasteiger partial charge in [-0.25, -0.2) is 4.39 Å². The van der Waals surface area contributed by atoms with Crippen molar-refractivity contribution < 1.29 is 4.39 Å². The quantitative estimate of drug-likeness (QED) is 0.784. The number of hydrogen-bond acceptors (Lipinski definition) is 1. The van der Waals surface area contributed by atoms with E-state index in [0.717, 1.165) is 19.4 Å². The third-order valence-electron chi connectivity index (χ3n) is 3.57. The summed E-state index contributed by atoms with van der Waals surface area (Å²) in [6.45, 7) is 2.92. The minimum atomic E-state index is -0.162. The summed E-state index contributed by atoms with van der Waals surface area (Å²) in [7, 11) is 0. The monoisotopic (exact) mass is 193 g/mol. The van der Waals surface area contributed by atoms with E-state index in [9.17, 15) is 4.39 Å². The van der Waals surface area contributed by atoms with Gasteiger partial charge in [0.1, 0.15) is 5.82 Å². The summed E-state index contributed by atoms with van der Waals surface area (Å²) >= 11 is 0. The summed E-state index contributed by atoms with van der Waals surface area (Å²) in [5, 5.41) is 0. The lowest BCUT2D eigenvalue weighted by molar-refractivity contribution is 0.581. The van der Waals surface area contributed by atoms with Gasteiger partial charge in [0, 0.05) is 0 Å². The largest absolute Gasteiger partial charge is 0.330 e. The van der Waals surface area contributed by atoms with Crippen molar-refractivity contribution in [3.63, 3.8) is 0 Å². The minimum Gasteiger partial charge on any atom is -0.330 e. The van der Waals surface area contributed by atoms with E-state index in [-0.39, 0.29) is 11.2 Å². The first kappa shape index (κ1) is 9.66. The molecule has 0 radical (unpaired) electrons. The van der Waals surface area contributed by atoms with Crippen LogP contribution in [0.15, 0.2) is 24.3 Å². The van der Waals surface area contributed by atoms with Gasteiger partial charge in [-0.1, -0.05) is 19.1 Å². The summed E-state index contributed by atoms with van der Waals surface area (Å²) in [5.74, 6) is 0.433. The van der Waals surface area contributed by atoms with Crippen molar-refractivity contribution in [3.8, 4) is 0 Å². The summed E-state index contributed by atoms with van der Waals surface area (Å²) in [6.07, 6.45) is 2.26. The Morgan fingerprint density at radius 3 is 2.50 bits per heavy atom. The molecule has 0 spiro atoms. The molecule has 2 atom stereocenters. The summed E-state index contributed by atoms with van der Waals surface area (Å²) < 4.78 is 12.8. The molecule has 2 heteroatoms. The Morgan fingerprint density at radius 2 is 2.07 bits per heavy atom. The molecule has 0 aliphatic heterocycles. The van der Waals surface area contributed by atoms with Gasteiger partial charge in [-0.2, -0.15) is 0 Å². The predicted molar refractivity (Wildman–Crippen MR) is 55.5 cm³/mol. The Kier molecular flexibility index (Phi) is 2.31. The van der Waals surface area contributed by atoms with Crippen molar-refractivity contribution in [2.24, 2.45) is 11.7 Å². The standard InChI is InChI=1S/C12H16FN/c1-2-12(7-10(12)8-14)9-3-5-11(13)6-4-9/h3-6,10H,2,7-8,14H2,1H3. The fourth-order valence-corrected chi connectivity index (χ4v) is 2.46. The Bertz CT molecular complexity index is 320. The highest BCUT2D eigenvalue weighted by Gasteiger charge is 2.52. The average Bonchev–Trinajstić information content (AvgIpc) is 2.94. The van der Waals surface area contributed by atoms with Crippen LogP contribution in [0.4, 0.5) is 4.39 Å². The van der Waals surface area contributed by atoms with Crippen molar-refractivity contribution >= 4 is 0 Å². The van der Waals surface area contributed by atoms with Crippen LogP contribution in [0.2, 0.25) is 0 Å². The maximum atomic E-state index is 12.8. The van der Waals surface area contributed by atoms with Crippen molar-refractivity contribution in [2.45, 2.75) is 25.2 Å². The minimum absolute atomic E-state index is 0.162. The van der Waals surface area contributed by atoms with Crippen LogP contribution in [0.3, 0.4) is 0 Å². The lowest BCUT2D eigenvalue weighted by Gasteiger charge is -2.15. The van der Waals surface area contributed by atoms with Crippen LogP contribution in [0, 0.1) is 11.7 Å². The second kappa shape index (κ2) is 3.35. The van der Waals surface area contributed by atoms with Gasteiger partial charge in [0.15, 0.2) is 0 Å². The second-order valence-corrected chi connectivity index (χ2v) is 4.15. The molecule has 0 amide bonds. The maximum Gasteiger partial charge on any atom is 0.123 e. The van der Waals surface area contributed by atoms with Crippen LogP contribution in [-0.4, -0.2) is 6.54 Å². The van der Waals surface area contributed by atoms with Crippen LogP contribution in [0.5, 0.6) is 0 Å². The Hall–Kier alpha value is -0.890. The highest BCUT2D eigenvalue weighted by Crippen LogP contribution is 2.56. The highest BCUT2D eigenvalue weighted by molar-refractivity contribution is 5.33. The van der Waals surface area contributed by atoms with Crippen LogP contribution >= 0.6 is 0 Å². The smallest absolute Gasteiger partial charge is 0.123 e. The molecule has 1 aliphatic carbocycles. The van der Waals surface area contributed by atoms with E-state index in [1.165, 1.54) is 5.56 Å². The molecular formula is C12H16FN. The topological polar surface area (TPSA) is 26.0 Å². The summed E-state index contributed by atoms with van der Waals surface area (Å²) in [4.78, 5) is 0. The first-order valence-electron chi connectivity index (χ1n) is 5.19. The predicted octanol–water partition coefficient (Wildman–Crippen LogP) is 2.45. The van der Waals surface area contributed by atoms with E-state index in [1.54, 1.807) is 12.1 Å². The van der Waals surface area contributed by atoms with Crippen LogP contribution in [-0.2, 0) is 5.41 Å². The average molecular weight is 193 g/mol. The summed E-state index contributed by atoms with van der Waals surface area (Å²) in [5.41, 5.74) is 7.18. The van der Waals surface area contributed by atoms with E-state index in [2.05, 4.69) is 6.92 Å². The molecule has 0 aromatic heterocycles. The van der Waals surface area contributed by atoms with Crippen molar-refractivity contribution in [1.29, 1.82) is 0 Å². The van der Waals surface area contributed by atoms with Gasteiger partial charge < -0.3 is 5.73 Å². The molecule has 2 unspecified atom stereocenters. The number of hydrogen-bond donors (Lipinski definition) is 1. The van der Waals surface area contributed by atoms with E-state index in [1.807, 2.05) is 12.1 Å². The van der Waals surface area contributed by atoms with Crippen LogP contribution in [0.1, 0.15) is 25.3 Å². The Balaban J connectivity index is 2.26. The van der Waals surface area contributed by atoms with Gasteiger partial charge in [-0.3, -0.25) is 0 Å². The van der Waals surface area contributed by atoms with E-state index >= 15 is 0 Å². The molecule has 14 heavy (non-hydrogen) atoms. The van der Waals surface area contributed by atoms with Crippen molar-refractivity contribution in [3.05, 3.63) is 35.6 Å². The first-order valence-corrected chi connectivity index (χ1v) is 5.19. The normalized spacial score (nSPS) is 30.4. The first-order chi connectivity index (χ1) is 6.73. The molecule has 1 aromatic rings. The second-order valence-electron chi connectivity index (χ2n) is 4.15. The van der Waals surface area contributed by atoms with Gasteiger partial charge in [-0.15, -0.1) is 0 Å². The molecule has 1 nitrogen and oxygen atoms in total. The van der Waals surface area contributed by atoms with Crippen LogP contribution < -0.4 is 5.73 Å². The van der Waals surface area contributed by atoms with Gasteiger partial charge in [0.05, 0.1) is 0 Å². The van der Waals surface area contributed by atoms with Gasteiger partial charge in [-0.05, 0) is 48.4 Å². The molecule has 1 fully saturated rings. The lowest BCUT2D eigenvalue weighted by Crippen LogP contribution is -2.14. The lowest BCUT2D eigenvalue weighted by atomic mass is 9.90. The zero-order chi connectivity index (χ0) is 10.2. The van der Waals surface area contributed by atoms with Crippen molar-refractivity contribution in [1.82, 2.24) is 0 Å².